The number of benzene rings is 2. The number of aliphatic imine (C=N–C) groups is 1. The molecular formula is C20H20BrN3O. The number of aryl methyl sites for hydroxylation is 2. The van der Waals surface area contributed by atoms with Gasteiger partial charge in [-0.05, 0) is 60.1 Å². The second-order valence-electron chi connectivity index (χ2n) is 6.75. The van der Waals surface area contributed by atoms with Crippen molar-refractivity contribution in [3.8, 4) is 0 Å². The number of fused-ring (bicyclic) bond motifs is 1. The lowest BCUT2D eigenvalue weighted by Crippen LogP contribution is -2.41. The van der Waals surface area contributed by atoms with Crippen molar-refractivity contribution >= 4 is 27.8 Å². The Kier molecular flexibility index (Phi) is 3.91. The zero-order chi connectivity index (χ0) is 17.6. The Morgan fingerprint density at radius 1 is 1.08 bits per heavy atom. The lowest BCUT2D eigenvalue weighted by atomic mass is 9.80. The zero-order valence-electron chi connectivity index (χ0n) is 14.1. The maximum atomic E-state index is 13.2. The minimum absolute atomic E-state index is 0.112. The molecule has 0 aromatic heterocycles. The number of carbonyl (C=O) groups excluding carboxylic acids is 1. The summed E-state index contributed by atoms with van der Waals surface area (Å²) in [7, 11) is 1.68. The van der Waals surface area contributed by atoms with E-state index in [2.05, 4.69) is 33.1 Å². The predicted octanol–water partition coefficient (Wildman–Crippen LogP) is 3.36. The molecule has 25 heavy (non-hydrogen) atoms. The zero-order valence-corrected chi connectivity index (χ0v) is 15.7. The van der Waals surface area contributed by atoms with Crippen LogP contribution in [0.5, 0.6) is 0 Å². The van der Waals surface area contributed by atoms with Crippen LogP contribution in [0.3, 0.4) is 0 Å². The summed E-state index contributed by atoms with van der Waals surface area (Å²) in [6.07, 6.45) is 4.59. The molecule has 128 valence electrons. The Balaban J connectivity index is 1.95. The third-order valence-electron chi connectivity index (χ3n) is 5.25. The third kappa shape index (κ3) is 2.49. The minimum atomic E-state index is -1.10. The molecule has 1 heterocycles. The van der Waals surface area contributed by atoms with Crippen molar-refractivity contribution in [1.29, 1.82) is 0 Å². The van der Waals surface area contributed by atoms with E-state index in [0.29, 0.717) is 0 Å². The van der Waals surface area contributed by atoms with Gasteiger partial charge in [0.15, 0.2) is 11.5 Å². The normalized spacial score (nSPS) is 22.7. The van der Waals surface area contributed by atoms with Gasteiger partial charge >= 0.3 is 0 Å². The second kappa shape index (κ2) is 5.99. The molecule has 0 saturated carbocycles. The van der Waals surface area contributed by atoms with Gasteiger partial charge in [-0.1, -0.05) is 46.3 Å². The summed E-state index contributed by atoms with van der Waals surface area (Å²) < 4.78 is 0.915. The molecule has 0 bridgehead atoms. The van der Waals surface area contributed by atoms with Crippen LogP contribution >= 0.6 is 15.9 Å². The smallest absolute Gasteiger partial charge is 0.266 e. The summed E-state index contributed by atoms with van der Waals surface area (Å²) in [5.41, 5.74) is 9.37. The van der Waals surface area contributed by atoms with Gasteiger partial charge < -0.3 is 5.73 Å². The molecule has 1 atom stereocenters. The maximum absolute atomic E-state index is 13.2. The molecule has 1 aliphatic carbocycles. The summed E-state index contributed by atoms with van der Waals surface area (Å²) in [5.74, 6) is 0.140. The van der Waals surface area contributed by atoms with Crippen LogP contribution in [0.25, 0.3) is 0 Å². The number of halogens is 1. The Morgan fingerprint density at radius 2 is 1.80 bits per heavy atom. The molecule has 1 aliphatic heterocycles. The lowest BCUT2D eigenvalue weighted by Gasteiger charge is -2.28. The highest BCUT2D eigenvalue weighted by Gasteiger charge is 2.49. The van der Waals surface area contributed by atoms with Crippen LogP contribution in [0, 0.1) is 0 Å². The Morgan fingerprint density at radius 3 is 2.48 bits per heavy atom. The molecule has 5 heteroatoms. The standard InChI is InChI=1S/C20H20BrN3O/c1-24-18(25)20(23-19(24)22,15-7-4-8-17(21)12-15)16-10-9-13-5-2-3-6-14(13)11-16/h4,7-12H,2-3,5-6H2,1H3,(H2,22,23). The molecule has 2 aliphatic rings. The number of nitrogens with two attached hydrogens (primary N) is 1. The van der Waals surface area contributed by atoms with Gasteiger partial charge in [0, 0.05) is 11.5 Å². The maximum Gasteiger partial charge on any atom is 0.266 e. The van der Waals surface area contributed by atoms with Crippen molar-refractivity contribution in [3.05, 3.63) is 69.2 Å². The van der Waals surface area contributed by atoms with E-state index < -0.39 is 5.54 Å². The minimum Gasteiger partial charge on any atom is -0.369 e. The molecule has 0 saturated heterocycles. The van der Waals surface area contributed by atoms with Gasteiger partial charge in [0.2, 0.25) is 0 Å². The van der Waals surface area contributed by atoms with Gasteiger partial charge in [-0.3, -0.25) is 9.69 Å². The number of carbonyl (C=O) groups is 1. The first-order valence-corrected chi connectivity index (χ1v) is 9.33. The van der Waals surface area contributed by atoms with Crippen LogP contribution in [-0.4, -0.2) is 23.8 Å². The summed E-state index contributed by atoms with van der Waals surface area (Å²) >= 11 is 3.51. The van der Waals surface area contributed by atoms with Crippen LogP contribution in [0.15, 0.2) is 51.9 Å². The highest BCUT2D eigenvalue weighted by Crippen LogP contribution is 2.41. The number of rotatable bonds is 2. The molecule has 0 spiro atoms. The van der Waals surface area contributed by atoms with Crippen LogP contribution < -0.4 is 5.73 Å². The quantitative estimate of drug-likeness (QED) is 0.844. The number of likely N-dealkylation sites (N-methyl/N-ethyl adjacent to an activating group) is 1. The first kappa shape index (κ1) is 16.3. The second-order valence-corrected chi connectivity index (χ2v) is 7.66. The monoisotopic (exact) mass is 397 g/mol. The van der Waals surface area contributed by atoms with E-state index in [1.165, 1.54) is 28.9 Å². The first-order valence-electron chi connectivity index (χ1n) is 8.54. The fourth-order valence-corrected chi connectivity index (χ4v) is 4.26. The van der Waals surface area contributed by atoms with E-state index in [9.17, 15) is 4.79 Å². The fourth-order valence-electron chi connectivity index (χ4n) is 3.86. The van der Waals surface area contributed by atoms with Crippen molar-refractivity contribution in [2.75, 3.05) is 7.05 Å². The van der Waals surface area contributed by atoms with Crippen molar-refractivity contribution in [2.45, 2.75) is 31.2 Å². The fraction of sp³-hybridized carbons (Fsp3) is 0.300. The van der Waals surface area contributed by atoms with E-state index in [0.717, 1.165) is 28.4 Å². The number of amides is 1. The van der Waals surface area contributed by atoms with Crippen molar-refractivity contribution in [1.82, 2.24) is 4.90 Å². The number of guanidine groups is 1. The van der Waals surface area contributed by atoms with Crippen LogP contribution in [-0.2, 0) is 23.2 Å². The molecule has 4 rings (SSSR count). The van der Waals surface area contributed by atoms with Gasteiger partial charge in [-0.15, -0.1) is 0 Å². The predicted molar refractivity (Wildman–Crippen MR) is 102 cm³/mol. The molecule has 1 unspecified atom stereocenters. The molecule has 0 fully saturated rings. The average Bonchev–Trinajstić information content (AvgIpc) is 2.86. The number of nitrogens with zero attached hydrogens (tertiary/aromatic N) is 2. The summed E-state index contributed by atoms with van der Waals surface area (Å²) in [6.45, 7) is 0. The average molecular weight is 398 g/mol. The van der Waals surface area contributed by atoms with Crippen molar-refractivity contribution in [3.63, 3.8) is 0 Å². The molecule has 4 nitrogen and oxygen atoms in total. The molecule has 1 amide bonds. The van der Waals surface area contributed by atoms with Crippen molar-refractivity contribution in [2.24, 2.45) is 10.7 Å². The number of hydrogen-bond donors (Lipinski definition) is 1. The van der Waals surface area contributed by atoms with Crippen LogP contribution in [0.1, 0.15) is 35.1 Å². The van der Waals surface area contributed by atoms with E-state index in [1.807, 2.05) is 30.3 Å². The van der Waals surface area contributed by atoms with E-state index >= 15 is 0 Å². The lowest BCUT2D eigenvalue weighted by molar-refractivity contribution is -0.129. The van der Waals surface area contributed by atoms with Gasteiger partial charge in [0.05, 0.1) is 0 Å². The third-order valence-corrected chi connectivity index (χ3v) is 5.74. The highest BCUT2D eigenvalue weighted by molar-refractivity contribution is 9.10. The van der Waals surface area contributed by atoms with Crippen LogP contribution in [0.4, 0.5) is 0 Å². The van der Waals surface area contributed by atoms with E-state index in [-0.39, 0.29) is 11.9 Å². The summed E-state index contributed by atoms with van der Waals surface area (Å²) in [6, 6.07) is 14.1. The van der Waals surface area contributed by atoms with E-state index in [4.69, 9.17) is 5.73 Å². The summed E-state index contributed by atoms with van der Waals surface area (Å²) in [4.78, 5) is 19.3. The summed E-state index contributed by atoms with van der Waals surface area (Å²) in [5, 5.41) is 0. The Hall–Kier alpha value is -2.14. The van der Waals surface area contributed by atoms with Gasteiger partial charge in [0.25, 0.3) is 5.91 Å². The SMILES string of the molecule is CN1C(=O)C(c2cccc(Br)c2)(c2ccc3c(c2)CCCC3)N=C1N. The van der Waals surface area contributed by atoms with E-state index in [1.54, 1.807) is 7.05 Å². The van der Waals surface area contributed by atoms with Gasteiger partial charge in [-0.25, -0.2) is 4.99 Å². The van der Waals surface area contributed by atoms with Crippen molar-refractivity contribution < 1.29 is 4.79 Å². The Bertz CT molecular complexity index is 892. The molecule has 0 radical (unpaired) electrons. The topological polar surface area (TPSA) is 58.7 Å². The number of hydrogen-bond acceptors (Lipinski definition) is 3. The molecule has 2 N–H and O–H groups in total. The van der Waals surface area contributed by atoms with Gasteiger partial charge in [-0.2, -0.15) is 0 Å². The first-order chi connectivity index (χ1) is 12.0. The van der Waals surface area contributed by atoms with Crippen LogP contribution in [0.2, 0.25) is 0 Å². The largest absolute Gasteiger partial charge is 0.369 e. The molecular weight excluding hydrogens is 378 g/mol. The van der Waals surface area contributed by atoms with Gasteiger partial charge in [0.1, 0.15) is 0 Å². The molecule has 2 aromatic rings. The highest BCUT2D eigenvalue weighted by atomic mass is 79.9. The Labute approximate surface area is 155 Å². The molecule has 2 aromatic carbocycles.